The van der Waals surface area contributed by atoms with E-state index in [4.69, 9.17) is 10.00 Å². The number of hydrogen-bond acceptors (Lipinski definition) is 2. The van der Waals surface area contributed by atoms with E-state index >= 15 is 0 Å². The molecule has 3 nitrogen and oxygen atoms in total. The third kappa shape index (κ3) is 2.89. The van der Waals surface area contributed by atoms with Crippen LogP contribution in [-0.2, 0) is 4.74 Å². The van der Waals surface area contributed by atoms with E-state index in [1.807, 2.05) is 6.07 Å². The number of rotatable bonds is 0. The summed E-state index contributed by atoms with van der Waals surface area (Å²) in [6.07, 6.45) is -0.274. The predicted octanol–water partition coefficient (Wildman–Crippen LogP) is -2.71. The van der Waals surface area contributed by atoms with Crippen molar-refractivity contribution in [3.05, 3.63) is 5.32 Å². The van der Waals surface area contributed by atoms with Crippen LogP contribution in [0.5, 0.6) is 0 Å². The SMILES string of the molecule is N#CC1C[N-]CCO1.[Li+]. The predicted molar refractivity (Wildman–Crippen MR) is 28.4 cm³/mol. The first-order valence-corrected chi connectivity index (χ1v) is 2.58. The molecule has 44 valence electrons. The summed E-state index contributed by atoms with van der Waals surface area (Å²) in [6, 6.07) is 1.99. The van der Waals surface area contributed by atoms with Gasteiger partial charge in [0.2, 0.25) is 0 Å². The van der Waals surface area contributed by atoms with Crippen LogP contribution >= 0.6 is 0 Å². The molecule has 0 radical (unpaired) electrons. The van der Waals surface area contributed by atoms with E-state index in [1.54, 1.807) is 0 Å². The van der Waals surface area contributed by atoms with Crippen LogP contribution in [0, 0.1) is 11.3 Å². The maximum Gasteiger partial charge on any atom is 1.00 e. The van der Waals surface area contributed by atoms with Crippen molar-refractivity contribution in [2.24, 2.45) is 0 Å². The van der Waals surface area contributed by atoms with Crippen LogP contribution in [-0.4, -0.2) is 25.8 Å². The zero-order valence-electron chi connectivity index (χ0n) is 5.50. The number of hydrogen-bond donors (Lipinski definition) is 0. The molecule has 0 aromatic rings. The van der Waals surface area contributed by atoms with Crippen molar-refractivity contribution >= 4 is 0 Å². The second-order valence-corrected chi connectivity index (χ2v) is 1.62. The summed E-state index contributed by atoms with van der Waals surface area (Å²) < 4.78 is 4.97. The van der Waals surface area contributed by atoms with Crippen molar-refractivity contribution < 1.29 is 23.6 Å². The van der Waals surface area contributed by atoms with Crippen molar-refractivity contribution in [1.82, 2.24) is 0 Å². The number of nitriles is 1. The van der Waals surface area contributed by atoms with Crippen molar-refractivity contribution in [3.8, 4) is 6.07 Å². The molecule has 1 fully saturated rings. The molecule has 0 saturated carbocycles. The van der Waals surface area contributed by atoms with Crippen LogP contribution in [0.3, 0.4) is 0 Å². The smallest absolute Gasteiger partial charge is 0.657 e. The van der Waals surface area contributed by atoms with E-state index in [2.05, 4.69) is 5.32 Å². The molecule has 0 spiro atoms. The van der Waals surface area contributed by atoms with Gasteiger partial charge in [0, 0.05) is 6.61 Å². The molecule has 1 unspecified atom stereocenters. The third-order valence-corrected chi connectivity index (χ3v) is 1.01. The van der Waals surface area contributed by atoms with Crippen LogP contribution in [0.1, 0.15) is 0 Å². The minimum atomic E-state index is -0.274. The van der Waals surface area contributed by atoms with E-state index in [0.717, 1.165) is 6.54 Å². The van der Waals surface area contributed by atoms with Crippen LogP contribution in [0.2, 0.25) is 0 Å². The first kappa shape index (κ1) is 9.01. The largest absolute Gasteiger partial charge is 1.00 e. The molecule has 0 aromatic carbocycles. The Labute approximate surface area is 66.5 Å². The minimum Gasteiger partial charge on any atom is -0.657 e. The Balaban J connectivity index is 0.000000640. The van der Waals surface area contributed by atoms with Crippen molar-refractivity contribution in [2.45, 2.75) is 6.10 Å². The average Bonchev–Trinajstić information content (AvgIpc) is 1.90. The number of morpholine rings is 1. The molecule has 9 heavy (non-hydrogen) atoms. The Kier molecular flexibility index (Phi) is 4.85. The van der Waals surface area contributed by atoms with Gasteiger partial charge in [-0.25, -0.2) is 0 Å². The third-order valence-electron chi connectivity index (χ3n) is 1.01. The van der Waals surface area contributed by atoms with Crippen LogP contribution in [0.4, 0.5) is 0 Å². The van der Waals surface area contributed by atoms with Crippen molar-refractivity contribution in [2.75, 3.05) is 19.7 Å². The Hall–Kier alpha value is 0.00740. The zero-order valence-corrected chi connectivity index (χ0v) is 5.50. The van der Waals surface area contributed by atoms with Crippen LogP contribution in [0.25, 0.3) is 5.32 Å². The van der Waals surface area contributed by atoms with Gasteiger partial charge >= 0.3 is 18.9 Å². The maximum atomic E-state index is 8.26. The van der Waals surface area contributed by atoms with Crippen molar-refractivity contribution in [1.29, 1.82) is 5.26 Å². The zero-order chi connectivity index (χ0) is 5.82. The fraction of sp³-hybridized carbons (Fsp3) is 0.800. The van der Waals surface area contributed by atoms with Gasteiger partial charge in [0.25, 0.3) is 0 Å². The van der Waals surface area contributed by atoms with Crippen LogP contribution in [0.15, 0.2) is 0 Å². The van der Waals surface area contributed by atoms with Gasteiger partial charge in [-0.3, -0.25) is 0 Å². The summed E-state index contributed by atoms with van der Waals surface area (Å²) in [4.78, 5) is 0. The van der Waals surface area contributed by atoms with Crippen LogP contribution < -0.4 is 18.9 Å². The Morgan fingerprint density at radius 2 is 2.44 bits per heavy atom. The monoisotopic (exact) mass is 118 g/mol. The van der Waals surface area contributed by atoms with Gasteiger partial charge in [0.1, 0.15) is 6.10 Å². The molecule has 1 saturated heterocycles. The Morgan fingerprint density at radius 1 is 1.67 bits per heavy atom. The fourth-order valence-electron chi connectivity index (χ4n) is 0.599. The molecular weight excluding hydrogens is 111 g/mol. The average molecular weight is 118 g/mol. The minimum absolute atomic E-state index is 0. The molecule has 1 rings (SSSR count). The molecule has 0 aromatic heterocycles. The van der Waals surface area contributed by atoms with Gasteiger partial charge in [-0.1, -0.05) is 0 Å². The molecule has 1 heterocycles. The molecule has 1 aliphatic heterocycles. The van der Waals surface area contributed by atoms with Gasteiger partial charge in [-0.15, -0.1) is 13.1 Å². The van der Waals surface area contributed by atoms with E-state index in [1.165, 1.54) is 0 Å². The molecule has 0 amide bonds. The van der Waals surface area contributed by atoms with E-state index < -0.39 is 0 Å². The van der Waals surface area contributed by atoms with Gasteiger partial charge in [-0.05, 0) is 0 Å². The van der Waals surface area contributed by atoms with Gasteiger partial charge in [-0.2, -0.15) is 5.26 Å². The molecular formula is C5H7LiN2O. The quantitative estimate of drug-likeness (QED) is 0.324. The summed E-state index contributed by atoms with van der Waals surface area (Å²) in [6.45, 7) is 1.91. The summed E-state index contributed by atoms with van der Waals surface area (Å²) in [5.41, 5.74) is 0. The maximum absolute atomic E-state index is 8.26. The molecule has 1 atom stereocenters. The van der Waals surface area contributed by atoms with E-state index in [9.17, 15) is 0 Å². The van der Waals surface area contributed by atoms with E-state index in [-0.39, 0.29) is 25.0 Å². The standard InChI is InChI=1S/C5H7N2O.Li/c6-3-5-4-7-1-2-8-5;/h5H,1-2,4H2;/q-1;+1. The molecule has 0 bridgehead atoms. The summed E-state index contributed by atoms with van der Waals surface area (Å²) >= 11 is 0. The fourth-order valence-corrected chi connectivity index (χ4v) is 0.599. The molecule has 1 aliphatic rings. The van der Waals surface area contributed by atoms with Gasteiger partial charge < -0.3 is 10.1 Å². The number of ether oxygens (including phenoxy) is 1. The van der Waals surface area contributed by atoms with Gasteiger partial charge in [0.05, 0.1) is 6.07 Å². The normalized spacial score (nSPS) is 25.9. The summed E-state index contributed by atoms with van der Waals surface area (Å²) in [5, 5.41) is 12.2. The van der Waals surface area contributed by atoms with Crippen molar-refractivity contribution in [3.63, 3.8) is 0 Å². The first-order chi connectivity index (χ1) is 3.93. The molecule has 0 aliphatic carbocycles. The molecule has 0 N–H and O–H groups in total. The second-order valence-electron chi connectivity index (χ2n) is 1.62. The number of nitrogens with zero attached hydrogens (tertiary/aromatic N) is 2. The van der Waals surface area contributed by atoms with Gasteiger partial charge in [0.15, 0.2) is 0 Å². The van der Waals surface area contributed by atoms with E-state index in [0.29, 0.717) is 13.2 Å². The summed E-state index contributed by atoms with van der Waals surface area (Å²) in [7, 11) is 0. The second kappa shape index (κ2) is 4.85. The topological polar surface area (TPSA) is 47.1 Å². The Bertz CT molecular complexity index is 106. The Morgan fingerprint density at radius 3 is 2.78 bits per heavy atom. The molecule has 4 heteroatoms. The summed E-state index contributed by atoms with van der Waals surface area (Å²) in [5.74, 6) is 0. The first-order valence-electron chi connectivity index (χ1n) is 2.58.